The molecule has 35 heavy (non-hydrogen) atoms. The van der Waals surface area contributed by atoms with E-state index in [0.717, 1.165) is 16.8 Å². The Bertz CT molecular complexity index is 1280. The summed E-state index contributed by atoms with van der Waals surface area (Å²) >= 11 is 0. The Kier molecular flexibility index (Phi) is 6.11. The average molecular weight is 513 g/mol. The minimum atomic E-state index is -4.19. The topological polar surface area (TPSA) is 112 Å². The van der Waals surface area contributed by atoms with E-state index in [2.05, 4.69) is 20.6 Å². The van der Waals surface area contributed by atoms with Crippen molar-refractivity contribution in [2.45, 2.75) is 37.9 Å². The summed E-state index contributed by atoms with van der Waals surface area (Å²) in [7, 11) is -3.21. The quantitative estimate of drug-likeness (QED) is 0.541. The fraction of sp³-hybridized carbons (Fsp3) is 0.571. The first kappa shape index (κ1) is 23.9. The monoisotopic (exact) mass is 512 g/mol. The molecule has 0 amide bonds. The van der Waals surface area contributed by atoms with E-state index in [-0.39, 0.29) is 32.0 Å². The third-order valence-electron chi connectivity index (χ3n) is 6.82. The van der Waals surface area contributed by atoms with E-state index in [0.29, 0.717) is 37.5 Å². The van der Waals surface area contributed by atoms with E-state index >= 15 is 0 Å². The minimum Gasteiger partial charge on any atom is -0.368 e. The number of nitrogens with one attached hydrogen (secondary N) is 2. The van der Waals surface area contributed by atoms with Gasteiger partial charge in [-0.2, -0.15) is 23.3 Å². The van der Waals surface area contributed by atoms with Gasteiger partial charge in [-0.1, -0.05) is 0 Å². The SMILES string of the molecule is CS(=O)(=O)N1CCC(Nc2nc3c(N4CCC(C(F)(F)F)CC4)c(-c4cn[nH]c4)ccn3n2)CC1. The Labute approximate surface area is 200 Å². The molecule has 0 spiro atoms. The van der Waals surface area contributed by atoms with Gasteiger partial charge in [0.15, 0.2) is 5.65 Å². The predicted molar refractivity (Wildman–Crippen MR) is 125 cm³/mol. The zero-order valence-corrected chi connectivity index (χ0v) is 20.0. The molecule has 0 bridgehead atoms. The molecule has 3 aromatic rings. The summed E-state index contributed by atoms with van der Waals surface area (Å²) in [5.74, 6) is -0.901. The second kappa shape index (κ2) is 8.97. The summed E-state index contributed by atoms with van der Waals surface area (Å²) in [4.78, 5) is 6.65. The molecular formula is C21H27F3N8O2S. The molecule has 3 aromatic heterocycles. The molecule has 0 unspecified atom stereocenters. The van der Waals surface area contributed by atoms with Gasteiger partial charge >= 0.3 is 6.18 Å². The lowest BCUT2D eigenvalue weighted by atomic mass is 9.95. The molecule has 14 heteroatoms. The van der Waals surface area contributed by atoms with Gasteiger partial charge in [0.2, 0.25) is 16.0 Å². The van der Waals surface area contributed by atoms with Gasteiger partial charge in [0.05, 0.1) is 24.1 Å². The van der Waals surface area contributed by atoms with Crippen LogP contribution >= 0.6 is 0 Å². The van der Waals surface area contributed by atoms with Crippen LogP contribution in [0.2, 0.25) is 0 Å². The molecule has 0 saturated carbocycles. The molecule has 10 nitrogen and oxygen atoms in total. The van der Waals surface area contributed by atoms with Crippen molar-refractivity contribution < 1.29 is 21.6 Å². The molecule has 190 valence electrons. The third-order valence-corrected chi connectivity index (χ3v) is 8.12. The summed E-state index contributed by atoms with van der Waals surface area (Å²) in [5.41, 5.74) is 2.90. The van der Waals surface area contributed by atoms with Crippen molar-refractivity contribution in [1.29, 1.82) is 0 Å². The highest BCUT2D eigenvalue weighted by Crippen LogP contribution is 2.39. The van der Waals surface area contributed by atoms with Crippen molar-refractivity contribution >= 4 is 27.3 Å². The summed E-state index contributed by atoms with van der Waals surface area (Å²) in [6.07, 6.45) is 3.49. The van der Waals surface area contributed by atoms with E-state index in [1.54, 1.807) is 23.1 Å². The van der Waals surface area contributed by atoms with Gasteiger partial charge in [-0.25, -0.2) is 17.2 Å². The van der Waals surface area contributed by atoms with Gasteiger partial charge in [0, 0.05) is 55.7 Å². The van der Waals surface area contributed by atoms with Crippen LogP contribution in [-0.4, -0.2) is 82.2 Å². The van der Waals surface area contributed by atoms with E-state index in [1.165, 1.54) is 10.6 Å². The minimum absolute atomic E-state index is 0.0183. The van der Waals surface area contributed by atoms with Crippen LogP contribution in [0.15, 0.2) is 24.7 Å². The Balaban J connectivity index is 1.42. The number of rotatable bonds is 5. The first-order chi connectivity index (χ1) is 16.6. The van der Waals surface area contributed by atoms with Crippen LogP contribution < -0.4 is 10.2 Å². The van der Waals surface area contributed by atoms with Crippen LogP contribution in [0, 0.1) is 5.92 Å². The zero-order valence-electron chi connectivity index (χ0n) is 19.2. The number of anilines is 2. The maximum absolute atomic E-state index is 13.2. The molecule has 0 aliphatic carbocycles. The fourth-order valence-corrected chi connectivity index (χ4v) is 5.76. The van der Waals surface area contributed by atoms with Gasteiger partial charge in [0.25, 0.3) is 0 Å². The van der Waals surface area contributed by atoms with Gasteiger partial charge in [0.1, 0.15) is 0 Å². The van der Waals surface area contributed by atoms with Crippen molar-refractivity contribution in [3.63, 3.8) is 0 Å². The zero-order chi connectivity index (χ0) is 24.8. The summed E-state index contributed by atoms with van der Waals surface area (Å²) < 4.78 is 66.3. The number of hydrogen-bond donors (Lipinski definition) is 2. The second-order valence-electron chi connectivity index (χ2n) is 9.15. The first-order valence-electron chi connectivity index (χ1n) is 11.5. The van der Waals surface area contributed by atoms with Crippen LogP contribution in [0.4, 0.5) is 24.8 Å². The predicted octanol–water partition coefficient (Wildman–Crippen LogP) is 2.73. The average Bonchev–Trinajstić information content (AvgIpc) is 3.47. The molecular weight excluding hydrogens is 485 g/mol. The number of sulfonamides is 1. The second-order valence-corrected chi connectivity index (χ2v) is 11.1. The number of fused-ring (bicyclic) bond motifs is 1. The summed E-state index contributed by atoms with van der Waals surface area (Å²) in [6, 6.07) is 1.89. The molecule has 2 fully saturated rings. The van der Waals surface area contributed by atoms with E-state index in [1.807, 2.05) is 11.0 Å². The van der Waals surface area contributed by atoms with Crippen LogP contribution in [0.25, 0.3) is 16.8 Å². The third kappa shape index (κ3) is 4.94. The largest absolute Gasteiger partial charge is 0.391 e. The van der Waals surface area contributed by atoms with E-state index in [9.17, 15) is 21.6 Å². The Morgan fingerprint density at radius 2 is 1.83 bits per heavy atom. The maximum Gasteiger partial charge on any atom is 0.391 e. The first-order valence-corrected chi connectivity index (χ1v) is 13.4. The number of H-pyrrole nitrogens is 1. The van der Waals surface area contributed by atoms with Crippen molar-refractivity contribution in [3.05, 3.63) is 24.7 Å². The number of halogens is 3. The Hall–Kier alpha value is -2.87. The van der Waals surface area contributed by atoms with Gasteiger partial charge in [-0.05, 0) is 31.7 Å². The van der Waals surface area contributed by atoms with E-state index < -0.39 is 22.1 Å². The number of nitrogens with zero attached hydrogens (tertiary/aromatic N) is 6. The molecule has 2 saturated heterocycles. The fourth-order valence-electron chi connectivity index (χ4n) is 4.88. The van der Waals surface area contributed by atoms with Gasteiger partial charge in [-0.3, -0.25) is 5.10 Å². The summed E-state index contributed by atoms with van der Waals surface area (Å²) in [5, 5.41) is 14.7. The molecule has 0 radical (unpaired) electrons. The van der Waals surface area contributed by atoms with Crippen LogP contribution in [0.5, 0.6) is 0 Å². The van der Waals surface area contributed by atoms with Crippen molar-refractivity contribution in [2.75, 3.05) is 42.7 Å². The lowest BCUT2D eigenvalue weighted by Crippen LogP contribution is -2.41. The lowest BCUT2D eigenvalue weighted by Gasteiger charge is -2.35. The molecule has 2 N–H and O–H groups in total. The number of hydrogen-bond acceptors (Lipinski definition) is 7. The number of pyridine rings is 1. The van der Waals surface area contributed by atoms with Crippen LogP contribution in [0.1, 0.15) is 25.7 Å². The van der Waals surface area contributed by atoms with E-state index in [4.69, 9.17) is 4.98 Å². The highest BCUT2D eigenvalue weighted by molar-refractivity contribution is 7.88. The Morgan fingerprint density at radius 1 is 1.11 bits per heavy atom. The highest BCUT2D eigenvalue weighted by Gasteiger charge is 2.41. The summed E-state index contributed by atoms with van der Waals surface area (Å²) in [6.45, 7) is 1.37. The lowest BCUT2D eigenvalue weighted by molar-refractivity contribution is -0.179. The number of aromatic nitrogens is 5. The molecule has 5 rings (SSSR count). The highest BCUT2D eigenvalue weighted by atomic mass is 32.2. The molecule has 5 heterocycles. The van der Waals surface area contributed by atoms with Crippen molar-refractivity contribution in [3.8, 4) is 11.1 Å². The van der Waals surface area contributed by atoms with Crippen LogP contribution in [0.3, 0.4) is 0 Å². The van der Waals surface area contributed by atoms with Crippen molar-refractivity contribution in [2.24, 2.45) is 5.92 Å². The molecule has 0 aromatic carbocycles. The molecule has 2 aliphatic heterocycles. The number of piperidine rings is 2. The molecule has 2 aliphatic rings. The van der Waals surface area contributed by atoms with Gasteiger partial charge in [-0.15, -0.1) is 5.10 Å². The maximum atomic E-state index is 13.2. The standard InChI is InChI=1S/C21H27F3N8O2S/c1-35(33,34)31-9-4-16(5-10-31)27-20-28-19-18(30-7-2-15(3-8-30)21(22,23)24)17(6-11-32(19)29-20)14-12-25-26-13-14/h6,11-13,15-16H,2-5,7-10H2,1H3,(H,25,26)(H,27,29). The Morgan fingerprint density at radius 3 is 2.43 bits per heavy atom. The smallest absolute Gasteiger partial charge is 0.368 e. The van der Waals surface area contributed by atoms with Crippen molar-refractivity contribution in [1.82, 2.24) is 29.1 Å². The van der Waals surface area contributed by atoms with Gasteiger partial charge < -0.3 is 10.2 Å². The normalized spacial score (nSPS) is 19.5. The number of alkyl halides is 3. The van der Waals surface area contributed by atoms with Crippen LogP contribution in [-0.2, 0) is 10.0 Å². The number of aromatic amines is 1. The molecule has 0 atom stereocenters.